The fraction of sp³-hybridized carbons (Fsp3) is 0.100. The van der Waals surface area contributed by atoms with Crippen LogP contribution in [-0.4, -0.2) is 22.8 Å². The van der Waals surface area contributed by atoms with Gasteiger partial charge in [0.05, 0.1) is 17.1 Å². The van der Waals surface area contributed by atoms with E-state index >= 15 is 0 Å². The molecule has 0 bridgehead atoms. The van der Waals surface area contributed by atoms with Crippen LogP contribution >= 0.6 is 0 Å². The molecule has 2 heterocycles. The number of fused-ring (bicyclic) bond motifs is 1. The summed E-state index contributed by atoms with van der Waals surface area (Å²) in [4.78, 5) is 8.60. The summed E-state index contributed by atoms with van der Waals surface area (Å²) in [6, 6.07) is 9.73. The highest BCUT2D eigenvalue weighted by molar-refractivity contribution is 7.91. The molecule has 9 heteroatoms. The van der Waals surface area contributed by atoms with Crippen LogP contribution in [0.3, 0.4) is 0 Å². The van der Waals surface area contributed by atoms with Crippen molar-refractivity contribution in [3.8, 4) is 11.3 Å². The van der Waals surface area contributed by atoms with Gasteiger partial charge in [0.2, 0.25) is 15.8 Å². The van der Waals surface area contributed by atoms with Crippen molar-refractivity contribution in [2.75, 3.05) is 4.72 Å². The minimum absolute atomic E-state index is 0.0234. The van der Waals surface area contributed by atoms with Crippen LogP contribution in [0, 0.1) is 18.6 Å². The van der Waals surface area contributed by atoms with Gasteiger partial charge in [0.1, 0.15) is 11.6 Å². The molecule has 2 aromatic heterocycles. The molecule has 148 valence electrons. The van der Waals surface area contributed by atoms with Gasteiger partial charge in [-0.2, -0.15) is 0 Å². The van der Waals surface area contributed by atoms with Gasteiger partial charge in [-0.25, -0.2) is 27.2 Å². The largest absolute Gasteiger partial charge is 0.291 e. The fourth-order valence-corrected chi connectivity index (χ4v) is 4.21. The number of imidazole rings is 1. The van der Waals surface area contributed by atoms with Crippen LogP contribution in [0.15, 0.2) is 61.1 Å². The summed E-state index contributed by atoms with van der Waals surface area (Å²) in [5.41, 5.74) is 2.43. The van der Waals surface area contributed by atoms with Crippen molar-refractivity contribution in [2.45, 2.75) is 12.7 Å². The molecular formula is C20H16F2N4O2S. The van der Waals surface area contributed by atoms with Crippen molar-refractivity contribution >= 4 is 21.5 Å². The summed E-state index contributed by atoms with van der Waals surface area (Å²) in [6.07, 6.45) is 5.24. The smallest absolute Gasteiger partial charge is 0.236 e. The van der Waals surface area contributed by atoms with E-state index in [2.05, 4.69) is 14.7 Å². The van der Waals surface area contributed by atoms with Gasteiger partial charge in [-0.15, -0.1) is 0 Å². The highest BCUT2D eigenvalue weighted by atomic mass is 32.2. The van der Waals surface area contributed by atoms with Gasteiger partial charge < -0.3 is 0 Å². The standard InChI is InChI=1S/C20H16F2N4O2S/c1-13-3-4-15(19-11-26-6-2-5-23-20(26)24-19)9-18(13)25-29(27,28)12-14-7-16(21)10-17(22)8-14/h2-11,25H,12H2,1H3. The third-order valence-corrected chi connectivity index (χ3v) is 5.56. The summed E-state index contributed by atoms with van der Waals surface area (Å²) < 4.78 is 56.1. The van der Waals surface area contributed by atoms with Crippen LogP contribution in [0.25, 0.3) is 17.0 Å². The van der Waals surface area contributed by atoms with Crippen molar-refractivity contribution < 1.29 is 17.2 Å². The Kier molecular flexibility index (Phi) is 4.75. The minimum Gasteiger partial charge on any atom is -0.291 e. The van der Waals surface area contributed by atoms with Gasteiger partial charge in [0, 0.05) is 30.2 Å². The topological polar surface area (TPSA) is 76.4 Å². The Hall–Kier alpha value is -3.33. The van der Waals surface area contributed by atoms with Crippen LogP contribution < -0.4 is 4.72 Å². The maximum absolute atomic E-state index is 13.4. The Bertz CT molecular complexity index is 1270. The number of benzene rings is 2. The second-order valence-electron chi connectivity index (χ2n) is 6.62. The lowest BCUT2D eigenvalue weighted by atomic mass is 10.1. The van der Waals surface area contributed by atoms with Gasteiger partial charge >= 0.3 is 0 Å². The molecule has 0 aliphatic heterocycles. The SMILES string of the molecule is Cc1ccc(-c2cn3cccnc3n2)cc1NS(=O)(=O)Cc1cc(F)cc(F)c1. The summed E-state index contributed by atoms with van der Waals surface area (Å²) in [6.45, 7) is 1.76. The summed E-state index contributed by atoms with van der Waals surface area (Å²) in [5, 5.41) is 0. The van der Waals surface area contributed by atoms with Crippen molar-refractivity contribution in [3.05, 3.63) is 83.8 Å². The van der Waals surface area contributed by atoms with E-state index in [0.29, 0.717) is 34.4 Å². The highest BCUT2D eigenvalue weighted by Gasteiger charge is 2.16. The van der Waals surface area contributed by atoms with Crippen molar-refractivity contribution in [3.63, 3.8) is 0 Å². The van der Waals surface area contributed by atoms with Crippen LogP contribution in [0.1, 0.15) is 11.1 Å². The Balaban J connectivity index is 1.63. The molecule has 0 aliphatic rings. The molecule has 4 aromatic rings. The lowest BCUT2D eigenvalue weighted by Gasteiger charge is -2.12. The molecule has 4 rings (SSSR count). The lowest BCUT2D eigenvalue weighted by Crippen LogP contribution is -2.16. The average Bonchev–Trinajstić information content (AvgIpc) is 3.06. The Morgan fingerprint density at radius 2 is 1.86 bits per heavy atom. The molecular weight excluding hydrogens is 398 g/mol. The first kappa shape index (κ1) is 19.0. The Labute approximate surface area is 165 Å². The van der Waals surface area contributed by atoms with E-state index in [1.807, 2.05) is 12.3 Å². The predicted molar refractivity (Wildman–Crippen MR) is 106 cm³/mol. The zero-order chi connectivity index (χ0) is 20.6. The van der Waals surface area contributed by atoms with Gasteiger partial charge in [-0.3, -0.25) is 9.12 Å². The first-order valence-corrected chi connectivity index (χ1v) is 10.3. The van der Waals surface area contributed by atoms with E-state index in [1.165, 1.54) is 0 Å². The number of rotatable bonds is 5. The molecule has 0 saturated heterocycles. The fourth-order valence-electron chi connectivity index (χ4n) is 2.98. The molecule has 1 N–H and O–H groups in total. The number of anilines is 1. The zero-order valence-electron chi connectivity index (χ0n) is 15.3. The van der Waals surface area contributed by atoms with E-state index in [-0.39, 0.29) is 5.56 Å². The van der Waals surface area contributed by atoms with E-state index in [4.69, 9.17) is 0 Å². The number of hydrogen-bond donors (Lipinski definition) is 1. The third kappa shape index (κ3) is 4.24. The molecule has 0 fully saturated rings. The molecule has 29 heavy (non-hydrogen) atoms. The monoisotopic (exact) mass is 414 g/mol. The first-order valence-electron chi connectivity index (χ1n) is 8.65. The molecule has 0 spiro atoms. The maximum atomic E-state index is 13.4. The summed E-state index contributed by atoms with van der Waals surface area (Å²) in [7, 11) is -3.89. The van der Waals surface area contributed by atoms with Crippen LogP contribution in [-0.2, 0) is 15.8 Å². The van der Waals surface area contributed by atoms with Gasteiger partial charge in [0.15, 0.2) is 0 Å². The second kappa shape index (κ2) is 7.25. The Morgan fingerprint density at radius 3 is 2.59 bits per heavy atom. The van der Waals surface area contributed by atoms with Crippen molar-refractivity contribution in [2.24, 2.45) is 0 Å². The van der Waals surface area contributed by atoms with Gasteiger partial charge in [0.25, 0.3) is 0 Å². The van der Waals surface area contributed by atoms with Crippen molar-refractivity contribution in [1.82, 2.24) is 14.4 Å². The lowest BCUT2D eigenvalue weighted by molar-refractivity contribution is 0.579. The van der Waals surface area contributed by atoms with E-state index in [0.717, 1.165) is 12.1 Å². The zero-order valence-corrected chi connectivity index (χ0v) is 16.1. The van der Waals surface area contributed by atoms with Gasteiger partial charge in [-0.05, 0) is 42.3 Å². The maximum Gasteiger partial charge on any atom is 0.236 e. The molecule has 0 atom stereocenters. The average molecular weight is 414 g/mol. The second-order valence-corrected chi connectivity index (χ2v) is 8.34. The number of sulfonamides is 1. The summed E-state index contributed by atoms with van der Waals surface area (Å²) in [5.74, 6) is -1.68. The first-order chi connectivity index (χ1) is 13.8. The predicted octanol–water partition coefficient (Wildman–Crippen LogP) is 3.92. The molecule has 0 unspecified atom stereocenters. The van der Waals surface area contributed by atoms with Crippen molar-refractivity contribution in [1.29, 1.82) is 0 Å². The number of halogens is 2. The van der Waals surface area contributed by atoms with E-state index in [9.17, 15) is 17.2 Å². The quantitative estimate of drug-likeness (QED) is 0.537. The number of aromatic nitrogens is 3. The number of aryl methyl sites for hydroxylation is 1. The molecule has 2 aromatic carbocycles. The Morgan fingerprint density at radius 1 is 1.10 bits per heavy atom. The minimum atomic E-state index is -3.89. The number of nitrogens with one attached hydrogen (secondary N) is 1. The van der Waals surface area contributed by atoms with Gasteiger partial charge in [-0.1, -0.05) is 12.1 Å². The van der Waals surface area contributed by atoms with Crippen LogP contribution in [0.2, 0.25) is 0 Å². The molecule has 0 amide bonds. The number of hydrogen-bond acceptors (Lipinski definition) is 4. The molecule has 6 nitrogen and oxygen atoms in total. The normalized spacial score (nSPS) is 11.7. The van der Waals surface area contributed by atoms with Crippen LogP contribution in [0.5, 0.6) is 0 Å². The number of nitrogens with zero attached hydrogens (tertiary/aromatic N) is 3. The highest BCUT2D eigenvalue weighted by Crippen LogP contribution is 2.26. The van der Waals surface area contributed by atoms with E-state index < -0.39 is 27.4 Å². The van der Waals surface area contributed by atoms with E-state index in [1.54, 1.807) is 41.9 Å². The van der Waals surface area contributed by atoms with Crippen LogP contribution in [0.4, 0.5) is 14.5 Å². The molecule has 0 radical (unpaired) electrons. The molecule has 0 aliphatic carbocycles. The molecule has 0 saturated carbocycles. The summed E-state index contributed by atoms with van der Waals surface area (Å²) >= 11 is 0. The third-order valence-electron chi connectivity index (χ3n) is 4.31.